The highest BCUT2D eigenvalue weighted by atomic mass is 19.4. The number of nitrogens with zero attached hydrogens (tertiary/aromatic N) is 2. The molecule has 42 heavy (non-hydrogen) atoms. The van der Waals surface area contributed by atoms with Gasteiger partial charge in [-0.1, -0.05) is 32.8 Å². The molecule has 1 unspecified atom stereocenters. The number of unbranched alkanes of at least 4 members (excludes halogenated alkanes) is 1. The summed E-state index contributed by atoms with van der Waals surface area (Å²) >= 11 is 0. The van der Waals surface area contributed by atoms with E-state index in [9.17, 15) is 31.4 Å². The van der Waals surface area contributed by atoms with Crippen LogP contribution in [-0.4, -0.2) is 55.2 Å². The summed E-state index contributed by atoms with van der Waals surface area (Å²) in [6, 6.07) is 7.36. The second-order valence-corrected chi connectivity index (χ2v) is 10.9. The van der Waals surface area contributed by atoms with Crippen molar-refractivity contribution < 1.29 is 45.7 Å². The van der Waals surface area contributed by atoms with Crippen molar-refractivity contribution in [1.29, 1.82) is 0 Å². The number of halogens is 6. The molecule has 0 spiro atoms. The van der Waals surface area contributed by atoms with Gasteiger partial charge in [-0.15, -0.1) is 0 Å². The van der Waals surface area contributed by atoms with Gasteiger partial charge in [0, 0.05) is 18.7 Å². The molecule has 1 N–H and O–H groups in total. The van der Waals surface area contributed by atoms with Crippen LogP contribution in [0.2, 0.25) is 0 Å². The summed E-state index contributed by atoms with van der Waals surface area (Å²) in [5, 5.41) is 10.0. The van der Waals surface area contributed by atoms with Crippen LogP contribution < -0.4 is 14.2 Å². The topological polar surface area (TPSA) is 63.5 Å². The summed E-state index contributed by atoms with van der Waals surface area (Å²) in [6.45, 7) is 7.36. The van der Waals surface area contributed by atoms with Crippen LogP contribution in [0.3, 0.4) is 0 Å². The van der Waals surface area contributed by atoms with E-state index in [0.29, 0.717) is 49.6 Å². The summed E-state index contributed by atoms with van der Waals surface area (Å²) in [4.78, 5) is 6.81. The summed E-state index contributed by atoms with van der Waals surface area (Å²) in [6.07, 6.45) is -7.39. The molecule has 0 bridgehead atoms. The normalized spacial score (nSPS) is 18.7. The Labute approximate surface area is 241 Å². The Morgan fingerprint density at radius 1 is 0.929 bits per heavy atom. The van der Waals surface area contributed by atoms with Gasteiger partial charge in [0.1, 0.15) is 11.3 Å². The molecule has 0 radical (unpaired) electrons. The number of aliphatic imine (C=N–C) groups is 1. The van der Waals surface area contributed by atoms with Crippen LogP contribution in [0, 0.1) is 0 Å². The lowest BCUT2D eigenvalue weighted by Crippen LogP contribution is -2.54. The molecule has 2 heterocycles. The van der Waals surface area contributed by atoms with Crippen molar-refractivity contribution in [3.63, 3.8) is 0 Å². The Kier molecular flexibility index (Phi) is 9.25. The molecule has 0 saturated heterocycles. The van der Waals surface area contributed by atoms with E-state index in [4.69, 9.17) is 19.2 Å². The number of alkyl halides is 6. The third-order valence-corrected chi connectivity index (χ3v) is 7.62. The largest absolute Gasteiger partial charge is 0.493 e. The van der Waals surface area contributed by atoms with Crippen molar-refractivity contribution >= 4 is 6.34 Å². The molecule has 6 nitrogen and oxygen atoms in total. The van der Waals surface area contributed by atoms with Gasteiger partial charge in [-0.05, 0) is 73.6 Å². The zero-order valence-electron chi connectivity index (χ0n) is 23.9. The Hall–Kier alpha value is -3.15. The number of hydrogen-bond acceptors (Lipinski definition) is 6. The Balaban J connectivity index is 1.41. The molecule has 2 aromatic rings. The van der Waals surface area contributed by atoms with E-state index in [-0.39, 0.29) is 37.4 Å². The highest BCUT2D eigenvalue weighted by Gasteiger charge is 2.71. The molecule has 2 aromatic carbocycles. The van der Waals surface area contributed by atoms with Gasteiger partial charge in [0.05, 0.1) is 12.9 Å². The molecule has 4 rings (SSSR count). The molecule has 0 fully saturated rings. The molecule has 2 aliphatic heterocycles. The summed E-state index contributed by atoms with van der Waals surface area (Å²) in [5.74, 6) is 1.70. The average Bonchev–Trinajstić information content (AvgIpc) is 3.54. The number of benzene rings is 2. The number of aliphatic hydroxyl groups is 1. The van der Waals surface area contributed by atoms with Gasteiger partial charge in [-0.3, -0.25) is 4.99 Å². The van der Waals surface area contributed by atoms with E-state index >= 15 is 0 Å². The average molecular weight is 603 g/mol. The maximum Gasteiger partial charge on any atom is 0.430 e. The lowest BCUT2D eigenvalue weighted by atomic mass is 9.87. The second-order valence-electron chi connectivity index (χ2n) is 10.9. The highest BCUT2D eigenvalue weighted by molar-refractivity contribution is 5.61. The SMILES string of the molecule is CCCc1cc(C(O)(C(F)(F)F)C(F)(F)F)cc(CCC)c1OCCCCN1C=NC(C)(c2ccc3c(c2)OCO3)C1. The van der Waals surface area contributed by atoms with Crippen LogP contribution in [0.15, 0.2) is 35.3 Å². The minimum absolute atomic E-state index is 0.195. The molecule has 1 atom stereocenters. The summed E-state index contributed by atoms with van der Waals surface area (Å²) in [7, 11) is 0. The fourth-order valence-electron chi connectivity index (χ4n) is 5.36. The van der Waals surface area contributed by atoms with Crippen molar-refractivity contribution in [1.82, 2.24) is 4.90 Å². The first-order chi connectivity index (χ1) is 19.7. The summed E-state index contributed by atoms with van der Waals surface area (Å²) in [5.41, 5.74) is -5.21. The quantitative estimate of drug-likeness (QED) is 0.208. The first-order valence-electron chi connectivity index (χ1n) is 14.1. The Morgan fingerprint density at radius 2 is 1.55 bits per heavy atom. The molecule has 0 aromatic heterocycles. The molecule has 12 heteroatoms. The molecule has 0 aliphatic carbocycles. The molecule has 0 amide bonds. The van der Waals surface area contributed by atoms with Gasteiger partial charge in [0.15, 0.2) is 11.5 Å². The summed E-state index contributed by atoms with van der Waals surface area (Å²) < 4.78 is 98.5. The van der Waals surface area contributed by atoms with Crippen molar-refractivity contribution in [3.8, 4) is 17.2 Å². The van der Waals surface area contributed by atoms with Gasteiger partial charge in [0.25, 0.3) is 5.60 Å². The first-order valence-corrected chi connectivity index (χ1v) is 14.1. The molecular weight excluding hydrogens is 566 g/mol. The van der Waals surface area contributed by atoms with E-state index in [2.05, 4.69) is 4.90 Å². The van der Waals surface area contributed by atoms with Crippen molar-refractivity contribution in [2.45, 2.75) is 82.8 Å². The van der Waals surface area contributed by atoms with Gasteiger partial charge >= 0.3 is 12.4 Å². The van der Waals surface area contributed by atoms with Crippen LogP contribution in [0.25, 0.3) is 0 Å². The monoisotopic (exact) mass is 602 g/mol. The lowest BCUT2D eigenvalue weighted by Gasteiger charge is -2.33. The minimum Gasteiger partial charge on any atom is -0.493 e. The number of fused-ring (bicyclic) bond motifs is 1. The van der Waals surface area contributed by atoms with Crippen LogP contribution >= 0.6 is 0 Å². The fourth-order valence-corrected chi connectivity index (χ4v) is 5.36. The van der Waals surface area contributed by atoms with Gasteiger partial charge in [-0.2, -0.15) is 26.3 Å². The number of ether oxygens (including phenoxy) is 3. The lowest BCUT2D eigenvalue weighted by molar-refractivity contribution is -0.376. The first kappa shape index (κ1) is 31.8. The van der Waals surface area contributed by atoms with Crippen molar-refractivity contribution in [3.05, 3.63) is 52.6 Å². The second kappa shape index (κ2) is 12.2. The highest BCUT2D eigenvalue weighted by Crippen LogP contribution is 2.51. The third kappa shape index (κ3) is 6.28. The smallest absolute Gasteiger partial charge is 0.430 e. The van der Waals surface area contributed by atoms with Gasteiger partial charge in [-0.25, -0.2) is 0 Å². The van der Waals surface area contributed by atoms with Crippen LogP contribution in [0.5, 0.6) is 17.2 Å². The third-order valence-electron chi connectivity index (χ3n) is 7.62. The predicted molar refractivity (Wildman–Crippen MR) is 145 cm³/mol. The maximum absolute atomic E-state index is 13.6. The van der Waals surface area contributed by atoms with E-state index in [1.807, 2.05) is 31.5 Å². The fraction of sp³-hybridized carbons (Fsp3) is 0.567. The standard InChI is InChI=1S/C30H36F6N2O4/c1-4-8-20-14-23(28(39,29(31,32)33)30(34,35)36)15-21(9-5-2)26(20)40-13-7-6-12-38-17-27(3,37-18-38)22-10-11-24-25(16-22)42-19-41-24/h10-11,14-16,18,39H,4-9,12-13,17,19H2,1-3H3. The molecule has 0 saturated carbocycles. The van der Waals surface area contributed by atoms with Crippen LogP contribution in [-0.2, 0) is 24.0 Å². The number of hydrogen-bond donors (Lipinski definition) is 1. The zero-order valence-corrected chi connectivity index (χ0v) is 23.9. The Bertz CT molecular complexity index is 1240. The van der Waals surface area contributed by atoms with E-state index in [1.54, 1.807) is 13.8 Å². The molecular formula is C30H36F6N2O4. The number of rotatable bonds is 12. The molecule has 2 aliphatic rings. The van der Waals surface area contributed by atoms with Crippen molar-refractivity contribution in [2.24, 2.45) is 4.99 Å². The Morgan fingerprint density at radius 3 is 2.14 bits per heavy atom. The zero-order chi connectivity index (χ0) is 30.8. The maximum atomic E-state index is 13.6. The van der Waals surface area contributed by atoms with E-state index < -0.39 is 29.1 Å². The van der Waals surface area contributed by atoms with Crippen LogP contribution in [0.1, 0.15) is 68.7 Å². The van der Waals surface area contributed by atoms with Crippen LogP contribution in [0.4, 0.5) is 26.3 Å². The molecule has 232 valence electrons. The predicted octanol–water partition coefficient (Wildman–Crippen LogP) is 7.05. The van der Waals surface area contributed by atoms with E-state index in [0.717, 1.165) is 24.1 Å². The van der Waals surface area contributed by atoms with Gasteiger partial charge < -0.3 is 24.2 Å². The van der Waals surface area contributed by atoms with E-state index in [1.165, 1.54) is 0 Å². The number of aryl methyl sites for hydroxylation is 2. The van der Waals surface area contributed by atoms with Crippen molar-refractivity contribution in [2.75, 3.05) is 26.5 Å². The minimum atomic E-state index is -5.95. The van der Waals surface area contributed by atoms with Gasteiger partial charge in [0.2, 0.25) is 6.79 Å².